The molecule has 1 fully saturated rings. The summed E-state index contributed by atoms with van der Waals surface area (Å²) in [6.07, 6.45) is -3.73. The Balaban J connectivity index is 1.71. The molecule has 1 aromatic rings. The molecule has 43 heavy (non-hydrogen) atoms. The van der Waals surface area contributed by atoms with Crippen LogP contribution in [0.1, 0.15) is 71.3 Å². The van der Waals surface area contributed by atoms with Gasteiger partial charge in [0, 0.05) is 12.2 Å². The second-order valence-corrected chi connectivity index (χ2v) is 12.7. The number of nitrogens with zero attached hydrogens (tertiary/aromatic N) is 2. The van der Waals surface area contributed by atoms with Crippen LogP contribution in [0.5, 0.6) is 5.75 Å². The predicted octanol–water partition coefficient (Wildman–Crippen LogP) is 3.63. The molecule has 234 valence electrons. The van der Waals surface area contributed by atoms with Gasteiger partial charge in [0.25, 0.3) is 0 Å². The lowest BCUT2D eigenvalue weighted by Gasteiger charge is -2.38. The SMILES string of the molecule is CC(C)[C@@H]1C[C@H]2C(=O)NC(C#N)C[C@H]3C(=O)Nc4ccc(cc43)OCCCCC(C)(C)[C@H](NC(=O)C(F)(F)F)C(=O)N2C1. The maximum Gasteiger partial charge on any atom is 0.471 e. The third kappa shape index (κ3) is 7.05. The van der Waals surface area contributed by atoms with Crippen LogP contribution in [0.2, 0.25) is 0 Å². The summed E-state index contributed by atoms with van der Waals surface area (Å²) >= 11 is 0. The molecule has 0 spiro atoms. The standard InChI is InChI=1S/C30H38F3N5O5/c1-16(2)17-11-23-26(40)35-18(14-34)12-21-20-13-19(7-8-22(20)36-25(21)39)43-10-6-5-9-29(3,4)24(27(41)38(23)15-17)37-28(42)30(31,32)33/h7-8,13,16-18,21,23-24H,5-6,9-12,15H2,1-4H3,(H,35,40)(H,36,39)(H,37,42)/t17-,18?,21-,23+,24-/m1/s1. The summed E-state index contributed by atoms with van der Waals surface area (Å²) in [5, 5.41) is 17.3. The number of hydrogen-bond acceptors (Lipinski definition) is 6. The van der Waals surface area contributed by atoms with Crippen LogP contribution in [-0.2, 0) is 19.2 Å². The summed E-state index contributed by atoms with van der Waals surface area (Å²) in [4.78, 5) is 53.9. The van der Waals surface area contributed by atoms with Crippen LogP contribution in [0.15, 0.2) is 18.2 Å². The zero-order valence-corrected chi connectivity index (χ0v) is 24.7. The van der Waals surface area contributed by atoms with Crippen molar-refractivity contribution in [2.45, 2.75) is 90.0 Å². The number of fused-ring (bicyclic) bond motifs is 2. The van der Waals surface area contributed by atoms with Crippen molar-refractivity contribution in [2.24, 2.45) is 17.3 Å². The summed E-state index contributed by atoms with van der Waals surface area (Å²) in [5.74, 6) is -4.29. The Morgan fingerprint density at radius 2 is 1.88 bits per heavy atom. The molecule has 2 bridgehead atoms. The molecule has 10 nitrogen and oxygen atoms in total. The van der Waals surface area contributed by atoms with Gasteiger partial charge in [0.05, 0.1) is 18.6 Å². The number of halogens is 3. The van der Waals surface area contributed by atoms with Crippen LogP contribution in [0.25, 0.3) is 0 Å². The molecule has 3 aliphatic heterocycles. The molecule has 0 aliphatic carbocycles. The molecule has 1 unspecified atom stereocenters. The van der Waals surface area contributed by atoms with Gasteiger partial charge >= 0.3 is 12.1 Å². The Hall–Kier alpha value is -3.82. The van der Waals surface area contributed by atoms with E-state index in [9.17, 15) is 37.6 Å². The summed E-state index contributed by atoms with van der Waals surface area (Å²) in [6, 6.07) is 3.45. The summed E-state index contributed by atoms with van der Waals surface area (Å²) < 4.78 is 46.0. The Morgan fingerprint density at radius 1 is 1.16 bits per heavy atom. The lowest BCUT2D eigenvalue weighted by Crippen LogP contribution is -2.60. The van der Waals surface area contributed by atoms with Gasteiger partial charge in [0.1, 0.15) is 23.9 Å². The van der Waals surface area contributed by atoms with E-state index in [1.54, 1.807) is 32.0 Å². The van der Waals surface area contributed by atoms with Crippen molar-refractivity contribution in [3.8, 4) is 11.8 Å². The smallest absolute Gasteiger partial charge is 0.471 e. The molecule has 4 amide bonds. The molecule has 1 saturated heterocycles. The molecular formula is C30H38F3N5O5. The first kappa shape index (κ1) is 32.1. The molecule has 4 rings (SSSR count). The number of amides is 4. The molecule has 1 aromatic carbocycles. The highest BCUT2D eigenvalue weighted by molar-refractivity contribution is 6.03. The number of carbonyl (C=O) groups excluding carboxylic acids is 4. The van der Waals surface area contributed by atoms with E-state index in [2.05, 4.69) is 10.6 Å². The van der Waals surface area contributed by atoms with E-state index in [0.29, 0.717) is 29.8 Å². The zero-order valence-electron chi connectivity index (χ0n) is 24.7. The average Bonchev–Trinajstić information content (AvgIpc) is 3.51. The van der Waals surface area contributed by atoms with Gasteiger partial charge in [0.2, 0.25) is 17.7 Å². The van der Waals surface area contributed by atoms with Crippen molar-refractivity contribution in [3.63, 3.8) is 0 Å². The Morgan fingerprint density at radius 3 is 2.53 bits per heavy atom. The van der Waals surface area contributed by atoms with Crippen LogP contribution < -0.4 is 20.7 Å². The Labute approximate surface area is 248 Å². The minimum atomic E-state index is -5.21. The first-order valence-electron chi connectivity index (χ1n) is 14.6. The quantitative estimate of drug-likeness (QED) is 0.470. The van der Waals surface area contributed by atoms with E-state index < -0.39 is 53.4 Å². The van der Waals surface area contributed by atoms with E-state index in [1.807, 2.05) is 25.2 Å². The van der Waals surface area contributed by atoms with Crippen molar-refractivity contribution in [1.82, 2.24) is 15.5 Å². The minimum absolute atomic E-state index is 0.0316. The van der Waals surface area contributed by atoms with Gasteiger partial charge in [-0.2, -0.15) is 18.4 Å². The number of anilines is 1. The molecule has 3 heterocycles. The second-order valence-electron chi connectivity index (χ2n) is 12.7. The largest absolute Gasteiger partial charge is 0.494 e. The summed E-state index contributed by atoms with van der Waals surface area (Å²) in [6.45, 7) is 7.46. The lowest BCUT2D eigenvalue weighted by molar-refractivity contribution is -0.176. The highest BCUT2D eigenvalue weighted by Gasteiger charge is 2.49. The predicted molar refractivity (Wildman–Crippen MR) is 150 cm³/mol. The zero-order chi connectivity index (χ0) is 31.7. The number of carbonyl (C=O) groups is 4. The fraction of sp³-hybridized carbons (Fsp3) is 0.633. The first-order valence-corrected chi connectivity index (χ1v) is 14.6. The highest BCUT2D eigenvalue weighted by atomic mass is 19.4. The number of alkyl halides is 3. The van der Waals surface area contributed by atoms with Crippen LogP contribution in [0.4, 0.5) is 18.9 Å². The van der Waals surface area contributed by atoms with Crippen molar-refractivity contribution >= 4 is 29.3 Å². The summed E-state index contributed by atoms with van der Waals surface area (Å²) in [7, 11) is 0. The number of nitriles is 1. The maximum atomic E-state index is 14.0. The molecule has 3 aliphatic rings. The first-order chi connectivity index (χ1) is 20.1. The van der Waals surface area contributed by atoms with Gasteiger partial charge in [-0.25, -0.2) is 0 Å². The lowest BCUT2D eigenvalue weighted by atomic mass is 9.78. The van der Waals surface area contributed by atoms with Crippen LogP contribution >= 0.6 is 0 Å². The fourth-order valence-electron chi connectivity index (χ4n) is 6.11. The van der Waals surface area contributed by atoms with Gasteiger partial charge in [-0.3, -0.25) is 19.2 Å². The number of nitrogens with one attached hydrogen (secondary N) is 3. The maximum absolute atomic E-state index is 14.0. The van der Waals surface area contributed by atoms with Crippen molar-refractivity contribution in [1.29, 1.82) is 5.26 Å². The van der Waals surface area contributed by atoms with Crippen LogP contribution in [-0.4, -0.2) is 66.0 Å². The topological polar surface area (TPSA) is 141 Å². The molecule has 5 atom stereocenters. The second kappa shape index (κ2) is 12.4. The monoisotopic (exact) mass is 605 g/mol. The Bertz CT molecular complexity index is 1310. The third-order valence-corrected chi connectivity index (χ3v) is 8.82. The van der Waals surface area contributed by atoms with Gasteiger partial charge in [-0.05, 0) is 73.1 Å². The number of rotatable bonds is 2. The van der Waals surface area contributed by atoms with E-state index in [1.165, 1.54) is 4.90 Å². The Kier molecular flexibility index (Phi) is 9.27. The van der Waals surface area contributed by atoms with Gasteiger partial charge in [-0.1, -0.05) is 27.7 Å². The van der Waals surface area contributed by atoms with Gasteiger partial charge in [0.15, 0.2) is 0 Å². The minimum Gasteiger partial charge on any atom is -0.494 e. The average molecular weight is 606 g/mol. The number of ether oxygens (including phenoxy) is 1. The molecular weight excluding hydrogens is 567 g/mol. The third-order valence-electron chi connectivity index (χ3n) is 8.82. The molecule has 0 radical (unpaired) electrons. The fourth-order valence-corrected chi connectivity index (χ4v) is 6.11. The van der Waals surface area contributed by atoms with Gasteiger partial charge < -0.3 is 25.6 Å². The van der Waals surface area contributed by atoms with Crippen molar-refractivity contribution in [3.05, 3.63) is 23.8 Å². The van der Waals surface area contributed by atoms with E-state index in [-0.39, 0.29) is 50.2 Å². The molecule has 3 N–H and O–H groups in total. The van der Waals surface area contributed by atoms with E-state index in [0.717, 1.165) is 0 Å². The number of hydrogen-bond donors (Lipinski definition) is 3. The van der Waals surface area contributed by atoms with Crippen molar-refractivity contribution in [2.75, 3.05) is 18.5 Å². The van der Waals surface area contributed by atoms with Crippen molar-refractivity contribution < 1.29 is 37.1 Å². The highest BCUT2D eigenvalue weighted by Crippen LogP contribution is 2.39. The van der Waals surface area contributed by atoms with Crippen LogP contribution in [0.3, 0.4) is 0 Å². The van der Waals surface area contributed by atoms with Gasteiger partial charge in [-0.15, -0.1) is 0 Å². The van der Waals surface area contributed by atoms with Crippen LogP contribution in [0, 0.1) is 28.6 Å². The van der Waals surface area contributed by atoms with E-state index >= 15 is 0 Å². The molecule has 13 heteroatoms. The molecule has 0 saturated carbocycles. The number of benzene rings is 1. The molecule has 0 aromatic heterocycles. The normalized spacial score (nSPS) is 28.1. The summed E-state index contributed by atoms with van der Waals surface area (Å²) in [5.41, 5.74) is 0.142. The van der Waals surface area contributed by atoms with E-state index in [4.69, 9.17) is 4.74 Å².